The minimum Gasteiger partial charge on any atom is -1.00 e. The second kappa shape index (κ2) is 7.50. The Kier molecular flexibility index (Phi) is 12.1. The molecule has 0 aromatic carbocycles. The summed E-state index contributed by atoms with van der Waals surface area (Å²) in [7, 11) is 0. The van der Waals surface area contributed by atoms with Crippen LogP contribution < -0.4 is 24.0 Å². The Balaban J connectivity index is 0. The largest absolute Gasteiger partial charge is 2.00 e. The van der Waals surface area contributed by atoms with Gasteiger partial charge in [-0.3, -0.25) is 0 Å². The molecule has 2 heteroatoms. The van der Waals surface area contributed by atoms with Crippen molar-refractivity contribution in [1.82, 2.24) is 0 Å². The van der Waals surface area contributed by atoms with E-state index in [2.05, 4.69) is 6.42 Å². The molecule has 1 fully saturated rings. The van der Waals surface area contributed by atoms with Gasteiger partial charge in [0.25, 0.3) is 0 Å². The molecule has 0 bridgehead atoms. The quantitative estimate of drug-likeness (QED) is 0.262. The first-order valence-corrected chi connectivity index (χ1v) is 2.32. The zero-order valence-electron chi connectivity index (χ0n) is 4.49. The summed E-state index contributed by atoms with van der Waals surface area (Å²) < 4.78 is 0. The van der Waals surface area contributed by atoms with Crippen LogP contribution in [0.5, 0.6) is 0 Å². The fourth-order valence-electron chi connectivity index (χ4n) is 0.722. The molecule has 0 amide bonds. The molecule has 0 atom stereocenters. The summed E-state index contributed by atoms with van der Waals surface area (Å²) in [6.45, 7) is 0. The standard InChI is InChI=1S/C5H9.HI.Mg/c1-2-4-5-3-1;;/h1H,2-5H2;1H;/q-1;;+2/p-1. The summed E-state index contributed by atoms with van der Waals surface area (Å²) in [5.74, 6) is 0. The molecular weight excluding hydrogens is 211 g/mol. The summed E-state index contributed by atoms with van der Waals surface area (Å²) in [5.41, 5.74) is 0. The van der Waals surface area contributed by atoms with Crippen LogP contribution in [-0.4, -0.2) is 23.1 Å². The van der Waals surface area contributed by atoms with Crippen molar-refractivity contribution in [3.05, 3.63) is 6.42 Å². The topological polar surface area (TPSA) is 0 Å². The van der Waals surface area contributed by atoms with Crippen LogP contribution >= 0.6 is 0 Å². The predicted molar refractivity (Wildman–Crippen MR) is 28.5 cm³/mol. The first kappa shape index (κ1) is 11.3. The van der Waals surface area contributed by atoms with Gasteiger partial charge in [-0.1, -0.05) is 12.8 Å². The van der Waals surface area contributed by atoms with Crippen LogP contribution in [0.3, 0.4) is 0 Å². The molecule has 1 aliphatic rings. The van der Waals surface area contributed by atoms with Gasteiger partial charge in [-0.2, -0.15) is 12.8 Å². The molecule has 0 radical (unpaired) electrons. The second-order valence-corrected chi connectivity index (χ2v) is 1.57. The zero-order valence-corrected chi connectivity index (χ0v) is 8.06. The maximum absolute atomic E-state index is 2.36. The summed E-state index contributed by atoms with van der Waals surface area (Å²) in [5, 5.41) is 0. The molecule has 0 saturated heterocycles. The first-order valence-electron chi connectivity index (χ1n) is 2.32. The Hall–Kier alpha value is 1.50. The predicted octanol–water partition coefficient (Wildman–Crippen LogP) is -1.61. The molecule has 0 aliphatic heterocycles. The van der Waals surface area contributed by atoms with Crippen LogP contribution in [0.2, 0.25) is 0 Å². The van der Waals surface area contributed by atoms with E-state index in [9.17, 15) is 0 Å². The third kappa shape index (κ3) is 5.37. The monoisotopic (exact) mass is 220 g/mol. The molecule has 0 aromatic heterocycles. The summed E-state index contributed by atoms with van der Waals surface area (Å²) in [6.07, 6.45) is 8.00. The summed E-state index contributed by atoms with van der Waals surface area (Å²) in [4.78, 5) is 0. The van der Waals surface area contributed by atoms with Gasteiger partial charge in [0, 0.05) is 0 Å². The number of hydrogen-bond donors (Lipinski definition) is 0. The summed E-state index contributed by atoms with van der Waals surface area (Å²) >= 11 is 0. The van der Waals surface area contributed by atoms with E-state index in [4.69, 9.17) is 0 Å². The van der Waals surface area contributed by atoms with E-state index in [-0.39, 0.29) is 47.0 Å². The fourth-order valence-corrected chi connectivity index (χ4v) is 0.722. The van der Waals surface area contributed by atoms with E-state index in [1.54, 1.807) is 0 Å². The fraction of sp³-hybridized carbons (Fsp3) is 0.800. The molecule has 1 aliphatic carbocycles. The molecule has 1 saturated carbocycles. The summed E-state index contributed by atoms with van der Waals surface area (Å²) in [6, 6.07) is 0. The average molecular weight is 220 g/mol. The van der Waals surface area contributed by atoms with Crippen molar-refractivity contribution in [2.45, 2.75) is 25.7 Å². The van der Waals surface area contributed by atoms with Crippen LogP contribution in [0.4, 0.5) is 0 Å². The Morgan fingerprint density at radius 2 is 1.43 bits per heavy atom. The van der Waals surface area contributed by atoms with Gasteiger partial charge in [0.05, 0.1) is 0 Å². The molecule has 38 valence electrons. The maximum Gasteiger partial charge on any atom is 2.00 e. The average Bonchev–Trinajstić information content (AvgIpc) is 1.76. The zero-order chi connectivity index (χ0) is 3.54. The molecule has 0 aromatic rings. The SMILES string of the molecule is [CH-]1CCCC1.[I-].[Mg+2]. The molecule has 0 spiro atoms. The third-order valence-electron chi connectivity index (χ3n) is 1.07. The van der Waals surface area contributed by atoms with Gasteiger partial charge in [0.15, 0.2) is 0 Å². The van der Waals surface area contributed by atoms with Gasteiger partial charge < -0.3 is 30.4 Å². The molecule has 0 unspecified atom stereocenters. The minimum atomic E-state index is 0. The molecule has 0 nitrogen and oxygen atoms in total. The van der Waals surface area contributed by atoms with Crippen molar-refractivity contribution in [3.8, 4) is 0 Å². The third-order valence-corrected chi connectivity index (χ3v) is 1.07. The van der Waals surface area contributed by atoms with Gasteiger partial charge in [0.2, 0.25) is 0 Å². The Labute approximate surface area is 78.6 Å². The van der Waals surface area contributed by atoms with Crippen molar-refractivity contribution >= 4 is 23.1 Å². The van der Waals surface area contributed by atoms with Gasteiger partial charge in [-0.05, 0) is 0 Å². The molecule has 7 heavy (non-hydrogen) atoms. The van der Waals surface area contributed by atoms with E-state index < -0.39 is 0 Å². The Morgan fingerprint density at radius 1 is 1.00 bits per heavy atom. The first-order chi connectivity index (χ1) is 2.50. The van der Waals surface area contributed by atoms with Crippen molar-refractivity contribution in [2.24, 2.45) is 0 Å². The normalized spacial score (nSPS) is 17.1. The maximum atomic E-state index is 2.36. The molecular formula is C5H9IMg. The molecule has 1 rings (SSSR count). The van der Waals surface area contributed by atoms with E-state index in [0.717, 1.165) is 0 Å². The second-order valence-electron chi connectivity index (χ2n) is 1.57. The molecule has 0 heterocycles. The Bertz CT molecular complexity index is 19.7. The van der Waals surface area contributed by atoms with Crippen LogP contribution in [0, 0.1) is 6.42 Å². The van der Waals surface area contributed by atoms with Crippen LogP contribution in [0.15, 0.2) is 0 Å². The minimum absolute atomic E-state index is 0. The van der Waals surface area contributed by atoms with Crippen LogP contribution in [0.1, 0.15) is 25.7 Å². The van der Waals surface area contributed by atoms with Crippen molar-refractivity contribution in [2.75, 3.05) is 0 Å². The van der Waals surface area contributed by atoms with E-state index in [1.165, 1.54) is 25.7 Å². The van der Waals surface area contributed by atoms with E-state index >= 15 is 0 Å². The van der Waals surface area contributed by atoms with Gasteiger partial charge in [-0.25, -0.2) is 0 Å². The van der Waals surface area contributed by atoms with Crippen molar-refractivity contribution in [3.63, 3.8) is 0 Å². The van der Waals surface area contributed by atoms with Crippen molar-refractivity contribution in [1.29, 1.82) is 0 Å². The smallest absolute Gasteiger partial charge is 1.00 e. The van der Waals surface area contributed by atoms with Gasteiger partial charge >= 0.3 is 23.1 Å². The Morgan fingerprint density at radius 3 is 1.57 bits per heavy atom. The van der Waals surface area contributed by atoms with Gasteiger partial charge in [0.1, 0.15) is 0 Å². The van der Waals surface area contributed by atoms with Crippen LogP contribution in [-0.2, 0) is 0 Å². The molecule has 0 N–H and O–H groups in total. The van der Waals surface area contributed by atoms with Crippen molar-refractivity contribution < 1.29 is 24.0 Å². The number of halogens is 1. The van der Waals surface area contributed by atoms with Crippen LogP contribution in [0.25, 0.3) is 0 Å². The number of rotatable bonds is 0. The number of hydrogen-bond acceptors (Lipinski definition) is 0. The van der Waals surface area contributed by atoms with Gasteiger partial charge in [-0.15, -0.1) is 0 Å². The van der Waals surface area contributed by atoms with E-state index in [1.807, 2.05) is 0 Å². The van der Waals surface area contributed by atoms with E-state index in [0.29, 0.717) is 0 Å².